The van der Waals surface area contributed by atoms with E-state index in [-0.39, 0.29) is 11.1 Å². The summed E-state index contributed by atoms with van der Waals surface area (Å²) >= 11 is 0. The number of amides is 1. The second-order valence-corrected chi connectivity index (χ2v) is 5.50. The van der Waals surface area contributed by atoms with Crippen LogP contribution in [0.2, 0.25) is 0 Å². The van der Waals surface area contributed by atoms with Crippen molar-refractivity contribution in [1.82, 2.24) is 0 Å². The molecule has 2 N–H and O–H groups in total. The van der Waals surface area contributed by atoms with Crippen LogP contribution in [0.5, 0.6) is 5.75 Å². The molecule has 0 atom stereocenters. The summed E-state index contributed by atoms with van der Waals surface area (Å²) in [5.41, 5.74) is 7.11. The molecule has 3 aromatic carbocycles. The van der Waals surface area contributed by atoms with Crippen LogP contribution in [0.15, 0.2) is 66.7 Å². The van der Waals surface area contributed by atoms with Crippen LogP contribution in [0.4, 0.5) is 8.78 Å². The van der Waals surface area contributed by atoms with E-state index in [0.717, 1.165) is 23.8 Å². The van der Waals surface area contributed by atoms with Crippen LogP contribution < -0.4 is 10.5 Å². The molecule has 0 aromatic heterocycles. The average Bonchev–Trinajstić information content (AvgIpc) is 2.59. The van der Waals surface area contributed by atoms with Gasteiger partial charge in [0.2, 0.25) is 5.91 Å². The van der Waals surface area contributed by atoms with Crippen molar-refractivity contribution in [2.24, 2.45) is 5.73 Å². The van der Waals surface area contributed by atoms with Crippen LogP contribution in [0.3, 0.4) is 0 Å². The number of carbonyl (C=O) groups is 1. The Bertz CT molecular complexity index is 891. The fourth-order valence-corrected chi connectivity index (χ4v) is 2.52. The molecule has 0 radical (unpaired) electrons. The van der Waals surface area contributed by atoms with E-state index in [9.17, 15) is 13.6 Å². The van der Waals surface area contributed by atoms with Crippen molar-refractivity contribution in [3.8, 4) is 16.9 Å². The first kappa shape index (κ1) is 16.6. The van der Waals surface area contributed by atoms with Crippen molar-refractivity contribution in [2.75, 3.05) is 0 Å². The maximum Gasteiger partial charge on any atom is 0.249 e. The van der Waals surface area contributed by atoms with Crippen molar-refractivity contribution in [3.05, 3.63) is 89.5 Å². The fraction of sp³-hybridized carbons (Fsp3) is 0.0500. The summed E-state index contributed by atoms with van der Waals surface area (Å²) in [6.07, 6.45) is 0. The van der Waals surface area contributed by atoms with Gasteiger partial charge in [0.1, 0.15) is 24.0 Å². The molecule has 126 valence electrons. The Hall–Kier alpha value is -3.21. The van der Waals surface area contributed by atoms with Gasteiger partial charge in [-0.1, -0.05) is 30.3 Å². The van der Waals surface area contributed by atoms with Crippen LogP contribution >= 0.6 is 0 Å². The van der Waals surface area contributed by atoms with E-state index in [0.29, 0.717) is 17.9 Å². The third-order valence-corrected chi connectivity index (χ3v) is 3.68. The minimum Gasteiger partial charge on any atom is -0.489 e. The molecule has 0 saturated carbocycles. The van der Waals surface area contributed by atoms with E-state index >= 15 is 0 Å². The zero-order chi connectivity index (χ0) is 17.8. The maximum atomic E-state index is 13.5. The van der Waals surface area contributed by atoms with E-state index in [1.807, 2.05) is 30.3 Å². The van der Waals surface area contributed by atoms with Crippen molar-refractivity contribution in [3.63, 3.8) is 0 Å². The molecule has 0 heterocycles. The SMILES string of the molecule is NC(=O)c1cc(OCc2ccccc2)ccc1-c1cc(F)cc(F)c1. The third-order valence-electron chi connectivity index (χ3n) is 3.68. The monoisotopic (exact) mass is 339 g/mol. The summed E-state index contributed by atoms with van der Waals surface area (Å²) in [5, 5.41) is 0. The molecule has 0 aliphatic heterocycles. The molecule has 5 heteroatoms. The van der Waals surface area contributed by atoms with Gasteiger partial charge in [-0.15, -0.1) is 0 Å². The highest BCUT2D eigenvalue weighted by Crippen LogP contribution is 2.29. The maximum absolute atomic E-state index is 13.5. The summed E-state index contributed by atoms with van der Waals surface area (Å²) in [7, 11) is 0. The first-order chi connectivity index (χ1) is 12.0. The number of hydrogen-bond acceptors (Lipinski definition) is 2. The average molecular weight is 339 g/mol. The molecule has 1 amide bonds. The second kappa shape index (κ2) is 7.13. The molecule has 0 fully saturated rings. The Kier molecular flexibility index (Phi) is 4.75. The molecule has 0 saturated heterocycles. The fourth-order valence-electron chi connectivity index (χ4n) is 2.52. The zero-order valence-corrected chi connectivity index (χ0v) is 13.2. The smallest absolute Gasteiger partial charge is 0.249 e. The molecule has 3 rings (SSSR count). The highest BCUT2D eigenvalue weighted by molar-refractivity contribution is 6.00. The third kappa shape index (κ3) is 4.01. The Morgan fingerprint density at radius 3 is 2.24 bits per heavy atom. The first-order valence-corrected chi connectivity index (χ1v) is 7.60. The number of primary amides is 1. The number of hydrogen-bond donors (Lipinski definition) is 1. The largest absolute Gasteiger partial charge is 0.489 e. The Morgan fingerprint density at radius 2 is 1.60 bits per heavy atom. The molecular weight excluding hydrogens is 324 g/mol. The van der Waals surface area contributed by atoms with Gasteiger partial charge in [0.25, 0.3) is 0 Å². The lowest BCUT2D eigenvalue weighted by Crippen LogP contribution is -2.13. The topological polar surface area (TPSA) is 52.3 Å². The summed E-state index contributed by atoms with van der Waals surface area (Å²) in [6.45, 7) is 0.326. The Balaban J connectivity index is 1.91. The van der Waals surface area contributed by atoms with Crippen molar-refractivity contribution < 1.29 is 18.3 Å². The lowest BCUT2D eigenvalue weighted by Gasteiger charge is -2.11. The van der Waals surface area contributed by atoms with E-state index in [1.165, 1.54) is 6.07 Å². The highest BCUT2D eigenvalue weighted by atomic mass is 19.1. The molecule has 0 unspecified atom stereocenters. The molecule has 0 aliphatic rings. The van der Waals surface area contributed by atoms with Crippen LogP contribution in [0.25, 0.3) is 11.1 Å². The van der Waals surface area contributed by atoms with Gasteiger partial charge in [-0.3, -0.25) is 4.79 Å². The number of halogens is 2. The predicted molar refractivity (Wildman–Crippen MR) is 91.1 cm³/mol. The number of benzene rings is 3. The first-order valence-electron chi connectivity index (χ1n) is 7.60. The van der Waals surface area contributed by atoms with E-state index in [4.69, 9.17) is 10.5 Å². The molecule has 0 aliphatic carbocycles. The molecule has 25 heavy (non-hydrogen) atoms. The molecule has 3 aromatic rings. The van der Waals surface area contributed by atoms with Crippen molar-refractivity contribution in [1.29, 1.82) is 0 Å². The summed E-state index contributed by atoms with van der Waals surface area (Å²) in [4.78, 5) is 11.8. The van der Waals surface area contributed by atoms with Crippen LogP contribution in [0.1, 0.15) is 15.9 Å². The Morgan fingerprint density at radius 1 is 0.920 bits per heavy atom. The van der Waals surface area contributed by atoms with Gasteiger partial charge < -0.3 is 10.5 Å². The number of nitrogens with two attached hydrogens (primary N) is 1. The molecule has 3 nitrogen and oxygen atoms in total. The van der Waals surface area contributed by atoms with Gasteiger partial charge in [0.15, 0.2) is 0 Å². The van der Waals surface area contributed by atoms with Crippen molar-refractivity contribution >= 4 is 5.91 Å². The van der Waals surface area contributed by atoms with Crippen LogP contribution in [-0.2, 0) is 6.61 Å². The highest BCUT2D eigenvalue weighted by Gasteiger charge is 2.13. The standard InChI is InChI=1S/C20H15F2NO2/c21-15-8-14(9-16(22)10-15)18-7-6-17(11-19(18)20(23)24)25-12-13-4-2-1-3-5-13/h1-11H,12H2,(H2,23,24). The van der Waals surface area contributed by atoms with E-state index in [2.05, 4.69) is 0 Å². The second-order valence-electron chi connectivity index (χ2n) is 5.50. The summed E-state index contributed by atoms with van der Waals surface area (Å²) in [5.74, 6) is -1.72. The van der Waals surface area contributed by atoms with Crippen LogP contribution in [-0.4, -0.2) is 5.91 Å². The van der Waals surface area contributed by atoms with Gasteiger partial charge in [-0.05, 0) is 47.0 Å². The van der Waals surface area contributed by atoms with Crippen molar-refractivity contribution in [2.45, 2.75) is 6.61 Å². The number of carbonyl (C=O) groups excluding carboxylic acids is 1. The Labute approximate surface area is 143 Å². The summed E-state index contributed by atoms with van der Waals surface area (Å²) < 4.78 is 32.6. The zero-order valence-electron chi connectivity index (χ0n) is 13.2. The minimum absolute atomic E-state index is 0.135. The van der Waals surface area contributed by atoms with E-state index < -0.39 is 17.5 Å². The normalized spacial score (nSPS) is 10.5. The minimum atomic E-state index is -0.727. The van der Waals surface area contributed by atoms with Gasteiger partial charge >= 0.3 is 0 Å². The lowest BCUT2D eigenvalue weighted by atomic mass is 9.98. The summed E-state index contributed by atoms with van der Waals surface area (Å²) in [6, 6.07) is 17.3. The van der Waals surface area contributed by atoms with Gasteiger partial charge in [0, 0.05) is 6.07 Å². The predicted octanol–water partition coefficient (Wildman–Crippen LogP) is 4.31. The molecule has 0 spiro atoms. The lowest BCUT2D eigenvalue weighted by molar-refractivity contribution is 0.100. The number of ether oxygens (including phenoxy) is 1. The van der Waals surface area contributed by atoms with Gasteiger partial charge in [-0.2, -0.15) is 0 Å². The molecular formula is C20H15F2NO2. The van der Waals surface area contributed by atoms with Gasteiger partial charge in [-0.25, -0.2) is 8.78 Å². The number of rotatable bonds is 5. The van der Waals surface area contributed by atoms with Crippen LogP contribution in [0, 0.1) is 11.6 Å². The quantitative estimate of drug-likeness (QED) is 0.753. The van der Waals surface area contributed by atoms with E-state index in [1.54, 1.807) is 12.1 Å². The molecule has 0 bridgehead atoms. The van der Waals surface area contributed by atoms with Gasteiger partial charge in [0.05, 0.1) is 5.56 Å².